The fraction of sp³-hybridized carbons (Fsp3) is 0.188. The Labute approximate surface area is 126 Å². The van der Waals surface area contributed by atoms with Gasteiger partial charge in [-0.1, -0.05) is 37.3 Å². The molecule has 1 aromatic carbocycles. The first kappa shape index (κ1) is 13.2. The molecule has 0 aliphatic rings. The van der Waals surface area contributed by atoms with Gasteiger partial charge in [-0.25, -0.2) is 4.98 Å². The van der Waals surface area contributed by atoms with Crippen LogP contribution < -0.4 is 5.73 Å². The number of imidazole rings is 1. The molecule has 3 aromatic rings. The van der Waals surface area contributed by atoms with Crippen molar-refractivity contribution in [2.75, 3.05) is 5.73 Å². The molecule has 2 heterocycles. The SMILES string of the molecule is Cc1cc(Br)cn2c(N)c(C(C)c3ccccc3)nc12. The van der Waals surface area contributed by atoms with Crippen LogP contribution >= 0.6 is 15.9 Å². The van der Waals surface area contributed by atoms with E-state index in [4.69, 9.17) is 10.7 Å². The number of benzene rings is 1. The number of aryl methyl sites for hydroxylation is 1. The number of nitrogens with zero attached hydrogens (tertiary/aromatic N) is 2. The first-order valence-electron chi connectivity index (χ1n) is 6.56. The molecule has 0 saturated carbocycles. The Morgan fingerprint density at radius 2 is 1.95 bits per heavy atom. The molecule has 3 nitrogen and oxygen atoms in total. The molecule has 0 radical (unpaired) electrons. The van der Waals surface area contributed by atoms with Gasteiger partial charge in [-0.3, -0.25) is 4.40 Å². The second-order valence-electron chi connectivity index (χ2n) is 5.05. The number of pyridine rings is 1. The maximum absolute atomic E-state index is 6.29. The lowest BCUT2D eigenvalue weighted by molar-refractivity contribution is 0.889. The Hall–Kier alpha value is -1.81. The molecule has 0 amide bonds. The van der Waals surface area contributed by atoms with Crippen LogP contribution in [0.4, 0.5) is 5.82 Å². The molecular formula is C16H16BrN3. The number of hydrogen-bond donors (Lipinski definition) is 1. The summed E-state index contributed by atoms with van der Waals surface area (Å²) < 4.78 is 2.96. The summed E-state index contributed by atoms with van der Waals surface area (Å²) in [5, 5.41) is 0. The average molecular weight is 330 g/mol. The lowest BCUT2D eigenvalue weighted by Crippen LogP contribution is -2.01. The van der Waals surface area contributed by atoms with Gasteiger partial charge in [-0.15, -0.1) is 0 Å². The van der Waals surface area contributed by atoms with E-state index in [1.165, 1.54) is 5.56 Å². The van der Waals surface area contributed by atoms with Gasteiger partial charge < -0.3 is 5.73 Å². The smallest absolute Gasteiger partial charge is 0.141 e. The molecule has 2 aromatic heterocycles. The first-order chi connectivity index (χ1) is 9.58. The monoisotopic (exact) mass is 329 g/mol. The van der Waals surface area contributed by atoms with Crippen LogP contribution in [0.15, 0.2) is 47.1 Å². The molecule has 0 saturated heterocycles. The number of hydrogen-bond acceptors (Lipinski definition) is 2. The fourth-order valence-electron chi connectivity index (χ4n) is 2.52. The zero-order valence-electron chi connectivity index (χ0n) is 11.5. The largest absolute Gasteiger partial charge is 0.383 e. The third-order valence-corrected chi connectivity index (χ3v) is 4.08. The van der Waals surface area contributed by atoms with E-state index in [0.29, 0.717) is 5.82 Å². The summed E-state index contributed by atoms with van der Waals surface area (Å²) in [4.78, 5) is 4.75. The third-order valence-electron chi connectivity index (χ3n) is 3.65. The summed E-state index contributed by atoms with van der Waals surface area (Å²) in [5.74, 6) is 0.884. The summed E-state index contributed by atoms with van der Waals surface area (Å²) in [7, 11) is 0. The molecule has 4 heteroatoms. The Morgan fingerprint density at radius 3 is 2.65 bits per heavy atom. The number of nitrogen functional groups attached to an aromatic ring is 1. The number of anilines is 1. The van der Waals surface area contributed by atoms with Crippen LogP contribution in [0.2, 0.25) is 0 Å². The van der Waals surface area contributed by atoms with E-state index < -0.39 is 0 Å². The maximum Gasteiger partial charge on any atom is 0.141 e. The van der Waals surface area contributed by atoms with Crippen molar-refractivity contribution in [3.8, 4) is 0 Å². The molecule has 0 aliphatic heterocycles. The maximum atomic E-state index is 6.29. The van der Waals surface area contributed by atoms with Crippen LogP contribution in [0.25, 0.3) is 5.65 Å². The van der Waals surface area contributed by atoms with Crippen molar-refractivity contribution in [3.05, 3.63) is 63.9 Å². The van der Waals surface area contributed by atoms with Crippen LogP contribution in [-0.2, 0) is 0 Å². The van der Waals surface area contributed by atoms with Crippen molar-refractivity contribution < 1.29 is 0 Å². The molecule has 1 atom stereocenters. The van der Waals surface area contributed by atoms with Crippen LogP contribution in [0.5, 0.6) is 0 Å². The van der Waals surface area contributed by atoms with Gasteiger partial charge in [0.2, 0.25) is 0 Å². The van der Waals surface area contributed by atoms with E-state index in [1.807, 2.05) is 35.7 Å². The van der Waals surface area contributed by atoms with Crippen molar-refractivity contribution in [2.45, 2.75) is 19.8 Å². The lowest BCUT2D eigenvalue weighted by Gasteiger charge is -2.09. The van der Waals surface area contributed by atoms with Crippen LogP contribution in [0.1, 0.15) is 29.7 Å². The van der Waals surface area contributed by atoms with Gasteiger partial charge in [-0.2, -0.15) is 0 Å². The first-order valence-corrected chi connectivity index (χ1v) is 7.35. The number of rotatable bonds is 2. The number of nitrogens with two attached hydrogens (primary N) is 1. The Kier molecular flexibility index (Phi) is 3.26. The standard InChI is InChI=1S/C16H16BrN3/c1-10-8-13(17)9-20-15(18)14(19-16(10)20)11(2)12-6-4-3-5-7-12/h3-9,11H,18H2,1-2H3. The third kappa shape index (κ3) is 2.10. The van der Waals surface area contributed by atoms with E-state index in [9.17, 15) is 0 Å². The van der Waals surface area contributed by atoms with Crippen molar-refractivity contribution in [3.63, 3.8) is 0 Å². The molecule has 20 heavy (non-hydrogen) atoms. The van der Waals surface area contributed by atoms with Gasteiger partial charge in [0.15, 0.2) is 0 Å². The van der Waals surface area contributed by atoms with Gasteiger partial charge in [0.25, 0.3) is 0 Å². The molecule has 102 valence electrons. The molecular weight excluding hydrogens is 314 g/mol. The molecule has 1 unspecified atom stereocenters. The highest BCUT2D eigenvalue weighted by Gasteiger charge is 2.18. The quantitative estimate of drug-likeness (QED) is 0.767. The van der Waals surface area contributed by atoms with Crippen LogP contribution in [0, 0.1) is 6.92 Å². The predicted molar refractivity (Wildman–Crippen MR) is 86.0 cm³/mol. The van der Waals surface area contributed by atoms with Crippen molar-refractivity contribution >= 4 is 27.4 Å². The normalized spacial score (nSPS) is 12.8. The minimum Gasteiger partial charge on any atom is -0.383 e. The summed E-state index contributed by atoms with van der Waals surface area (Å²) in [5.41, 5.74) is 10.5. The second-order valence-corrected chi connectivity index (χ2v) is 5.97. The van der Waals surface area contributed by atoms with Gasteiger partial charge >= 0.3 is 0 Å². The zero-order valence-corrected chi connectivity index (χ0v) is 13.1. The molecule has 0 spiro atoms. The van der Waals surface area contributed by atoms with Gasteiger partial charge in [0.05, 0.1) is 5.69 Å². The minimum absolute atomic E-state index is 0.175. The summed E-state index contributed by atoms with van der Waals surface area (Å²) in [6.45, 7) is 4.18. The van der Waals surface area contributed by atoms with Crippen LogP contribution in [-0.4, -0.2) is 9.38 Å². The highest BCUT2D eigenvalue weighted by Crippen LogP contribution is 2.30. The van der Waals surface area contributed by atoms with E-state index in [-0.39, 0.29) is 5.92 Å². The predicted octanol–water partition coefficient (Wildman–Crippen LogP) is 4.14. The number of halogens is 1. The van der Waals surface area contributed by atoms with E-state index in [0.717, 1.165) is 21.4 Å². The van der Waals surface area contributed by atoms with Gasteiger partial charge in [0, 0.05) is 16.6 Å². The summed E-state index contributed by atoms with van der Waals surface area (Å²) >= 11 is 3.50. The van der Waals surface area contributed by atoms with Gasteiger partial charge in [-0.05, 0) is 40.0 Å². The Morgan fingerprint density at radius 1 is 1.25 bits per heavy atom. The van der Waals surface area contributed by atoms with Crippen molar-refractivity contribution in [1.29, 1.82) is 0 Å². The van der Waals surface area contributed by atoms with Crippen molar-refractivity contribution in [1.82, 2.24) is 9.38 Å². The molecule has 3 rings (SSSR count). The molecule has 0 aliphatic carbocycles. The number of fused-ring (bicyclic) bond motifs is 1. The van der Waals surface area contributed by atoms with E-state index in [2.05, 4.69) is 41.1 Å². The average Bonchev–Trinajstić information content (AvgIpc) is 2.77. The zero-order chi connectivity index (χ0) is 14.3. The van der Waals surface area contributed by atoms with E-state index >= 15 is 0 Å². The summed E-state index contributed by atoms with van der Waals surface area (Å²) in [6, 6.07) is 12.4. The lowest BCUT2D eigenvalue weighted by atomic mass is 9.98. The van der Waals surface area contributed by atoms with Crippen molar-refractivity contribution in [2.24, 2.45) is 0 Å². The molecule has 0 fully saturated rings. The highest BCUT2D eigenvalue weighted by atomic mass is 79.9. The minimum atomic E-state index is 0.175. The van der Waals surface area contributed by atoms with Crippen LogP contribution in [0.3, 0.4) is 0 Å². The second kappa shape index (κ2) is 4.94. The summed E-state index contributed by atoms with van der Waals surface area (Å²) in [6.07, 6.45) is 1.96. The Bertz CT molecular complexity index is 762. The van der Waals surface area contributed by atoms with Gasteiger partial charge in [0.1, 0.15) is 11.5 Å². The fourth-order valence-corrected chi connectivity index (χ4v) is 3.07. The topological polar surface area (TPSA) is 43.3 Å². The molecule has 0 bridgehead atoms. The molecule has 2 N–H and O–H groups in total. The number of aromatic nitrogens is 2. The highest BCUT2D eigenvalue weighted by molar-refractivity contribution is 9.10. The van der Waals surface area contributed by atoms with E-state index in [1.54, 1.807) is 0 Å². The Balaban J connectivity index is 2.18.